The van der Waals surface area contributed by atoms with E-state index in [2.05, 4.69) is 26.8 Å². The Bertz CT molecular complexity index is 362. The molecule has 2 heteroatoms. The highest BCUT2D eigenvalue weighted by Crippen LogP contribution is 2.26. The third-order valence-electron chi connectivity index (χ3n) is 2.47. The SMILES string of the molecule is CC.CCOC(=O)Cc1ccccc1C(C)(C)C. The van der Waals surface area contributed by atoms with Crippen molar-refractivity contribution in [2.45, 2.75) is 53.4 Å². The van der Waals surface area contributed by atoms with Gasteiger partial charge >= 0.3 is 5.97 Å². The number of hydrogen-bond acceptors (Lipinski definition) is 2. The molecule has 0 N–H and O–H groups in total. The molecule has 1 rings (SSSR count). The van der Waals surface area contributed by atoms with E-state index in [1.54, 1.807) is 0 Å². The number of benzene rings is 1. The van der Waals surface area contributed by atoms with Crippen LogP contribution in [-0.4, -0.2) is 12.6 Å². The van der Waals surface area contributed by atoms with Gasteiger partial charge in [-0.05, 0) is 23.5 Å². The number of carbonyl (C=O) groups excluding carboxylic acids is 1. The van der Waals surface area contributed by atoms with E-state index in [0.717, 1.165) is 5.56 Å². The summed E-state index contributed by atoms with van der Waals surface area (Å²) in [6.45, 7) is 12.7. The predicted octanol–water partition coefficient (Wildman–Crippen LogP) is 4.12. The highest BCUT2D eigenvalue weighted by molar-refractivity contribution is 5.73. The number of esters is 1. The Kier molecular flexibility index (Phi) is 7.33. The summed E-state index contributed by atoms with van der Waals surface area (Å²) in [5.74, 6) is -0.154. The summed E-state index contributed by atoms with van der Waals surface area (Å²) >= 11 is 0. The molecule has 0 amide bonds. The average molecular weight is 250 g/mol. The van der Waals surface area contributed by atoms with Crippen molar-refractivity contribution in [1.82, 2.24) is 0 Å². The van der Waals surface area contributed by atoms with Crippen LogP contribution < -0.4 is 0 Å². The van der Waals surface area contributed by atoms with Crippen LogP contribution in [0.15, 0.2) is 24.3 Å². The molecule has 0 unspecified atom stereocenters. The first-order valence-corrected chi connectivity index (χ1v) is 6.69. The number of rotatable bonds is 3. The molecule has 1 aromatic rings. The lowest BCUT2D eigenvalue weighted by atomic mass is 9.83. The first-order chi connectivity index (χ1) is 8.45. The smallest absolute Gasteiger partial charge is 0.310 e. The van der Waals surface area contributed by atoms with Crippen LogP contribution in [0.5, 0.6) is 0 Å². The van der Waals surface area contributed by atoms with Crippen LogP contribution >= 0.6 is 0 Å². The van der Waals surface area contributed by atoms with Crippen molar-refractivity contribution >= 4 is 5.97 Å². The summed E-state index contributed by atoms with van der Waals surface area (Å²) in [6, 6.07) is 8.05. The van der Waals surface area contributed by atoms with Crippen molar-refractivity contribution in [2.75, 3.05) is 6.61 Å². The van der Waals surface area contributed by atoms with Gasteiger partial charge < -0.3 is 4.74 Å². The topological polar surface area (TPSA) is 26.3 Å². The fourth-order valence-electron chi connectivity index (χ4n) is 1.77. The molecule has 102 valence electrons. The number of hydrogen-bond donors (Lipinski definition) is 0. The second-order valence-electron chi connectivity index (χ2n) is 4.89. The fourth-order valence-corrected chi connectivity index (χ4v) is 1.77. The van der Waals surface area contributed by atoms with Crippen LogP contribution in [-0.2, 0) is 21.4 Å². The summed E-state index contributed by atoms with van der Waals surface area (Å²) in [6.07, 6.45) is 0.362. The van der Waals surface area contributed by atoms with Crippen molar-refractivity contribution in [3.05, 3.63) is 35.4 Å². The molecule has 0 spiro atoms. The maximum absolute atomic E-state index is 11.5. The quantitative estimate of drug-likeness (QED) is 0.754. The molecule has 0 aliphatic rings. The number of carbonyl (C=O) groups is 1. The summed E-state index contributed by atoms with van der Waals surface area (Å²) in [4.78, 5) is 11.5. The summed E-state index contributed by atoms with van der Waals surface area (Å²) in [5.41, 5.74) is 2.33. The standard InChI is InChI=1S/C14H20O2.C2H6/c1-5-16-13(15)10-11-8-6-7-9-12(11)14(2,3)4;1-2/h6-9H,5,10H2,1-4H3;1-2H3. The third kappa shape index (κ3) is 5.35. The minimum Gasteiger partial charge on any atom is -0.466 e. The Morgan fingerprint density at radius 3 is 2.22 bits per heavy atom. The van der Waals surface area contributed by atoms with Gasteiger partial charge in [-0.15, -0.1) is 0 Å². The van der Waals surface area contributed by atoms with Crippen LogP contribution in [0.1, 0.15) is 52.7 Å². The molecule has 0 aliphatic carbocycles. The van der Waals surface area contributed by atoms with Gasteiger partial charge in [0.25, 0.3) is 0 Å². The van der Waals surface area contributed by atoms with Crippen LogP contribution in [0.25, 0.3) is 0 Å². The lowest BCUT2D eigenvalue weighted by Gasteiger charge is -2.22. The van der Waals surface area contributed by atoms with Crippen LogP contribution in [0, 0.1) is 0 Å². The summed E-state index contributed by atoms with van der Waals surface area (Å²) in [7, 11) is 0. The van der Waals surface area contributed by atoms with E-state index in [9.17, 15) is 4.79 Å². The lowest BCUT2D eigenvalue weighted by molar-refractivity contribution is -0.142. The van der Waals surface area contributed by atoms with E-state index in [4.69, 9.17) is 4.74 Å². The minimum absolute atomic E-state index is 0.0586. The Balaban J connectivity index is 0.00000137. The molecule has 0 aromatic heterocycles. The highest BCUT2D eigenvalue weighted by atomic mass is 16.5. The summed E-state index contributed by atoms with van der Waals surface area (Å²) < 4.78 is 4.97. The van der Waals surface area contributed by atoms with E-state index in [1.165, 1.54) is 5.56 Å². The summed E-state index contributed by atoms with van der Waals surface area (Å²) in [5, 5.41) is 0. The first kappa shape index (κ1) is 16.7. The minimum atomic E-state index is -0.154. The second-order valence-corrected chi connectivity index (χ2v) is 4.89. The van der Waals surface area contributed by atoms with Crippen LogP contribution in [0.3, 0.4) is 0 Å². The van der Waals surface area contributed by atoms with Gasteiger partial charge in [-0.1, -0.05) is 58.9 Å². The van der Waals surface area contributed by atoms with E-state index in [1.807, 2.05) is 39.0 Å². The first-order valence-electron chi connectivity index (χ1n) is 6.69. The molecule has 0 radical (unpaired) electrons. The zero-order valence-electron chi connectivity index (χ0n) is 12.5. The van der Waals surface area contributed by atoms with Gasteiger partial charge in [0.2, 0.25) is 0 Å². The molecule has 0 saturated carbocycles. The van der Waals surface area contributed by atoms with Crippen molar-refractivity contribution in [1.29, 1.82) is 0 Å². The molecule has 1 aromatic carbocycles. The van der Waals surface area contributed by atoms with Crippen molar-refractivity contribution < 1.29 is 9.53 Å². The van der Waals surface area contributed by atoms with Crippen LogP contribution in [0.4, 0.5) is 0 Å². The Labute approximate surface area is 111 Å². The normalized spacial score (nSPS) is 10.3. The van der Waals surface area contributed by atoms with Gasteiger partial charge in [-0.25, -0.2) is 0 Å². The number of ether oxygens (including phenoxy) is 1. The van der Waals surface area contributed by atoms with Crippen molar-refractivity contribution in [3.63, 3.8) is 0 Å². The largest absolute Gasteiger partial charge is 0.466 e. The molecular weight excluding hydrogens is 224 g/mol. The van der Waals surface area contributed by atoms with E-state index >= 15 is 0 Å². The van der Waals surface area contributed by atoms with Crippen molar-refractivity contribution in [2.24, 2.45) is 0 Å². The lowest BCUT2D eigenvalue weighted by Crippen LogP contribution is -2.17. The van der Waals surface area contributed by atoms with E-state index in [-0.39, 0.29) is 11.4 Å². The Morgan fingerprint density at radius 1 is 1.17 bits per heavy atom. The van der Waals surface area contributed by atoms with Crippen LogP contribution in [0.2, 0.25) is 0 Å². The molecule has 2 nitrogen and oxygen atoms in total. The Hall–Kier alpha value is -1.31. The fraction of sp³-hybridized carbons (Fsp3) is 0.562. The van der Waals surface area contributed by atoms with E-state index in [0.29, 0.717) is 13.0 Å². The van der Waals surface area contributed by atoms with Gasteiger partial charge in [0.15, 0.2) is 0 Å². The maximum Gasteiger partial charge on any atom is 0.310 e. The molecule has 0 atom stereocenters. The molecule has 0 saturated heterocycles. The van der Waals surface area contributed by atoms with Gasteiger partial charge in [0.1, 0.15) is 0 Å². The highest BCUT2D eigenvalue weighted by Gasteiger charge is 2.18. The molecular formula is C16H26O2. The van der Waals surface area contributed by atoms with E-state index < -0.39 is 0 Å². The second kappa shape index (κ2) is 7.91. The molecule has 0 aliphatic heterocycles. The predicted molar refractivity (Wildman–Crippen MR) is 76.8 cm³/mol. The zero-order chi connectivity index (χ0) is 14.2. The molecule has 0 bridgehead atoms. The molecule has 0 fully saturated rings. The monoisotopic (exact) mass is 250 g/mol. The molecule has 18 heavy (non-hydrogen) atoms. The molecule has 0 heterocycles. The Morgan fingerprint density at radius 2 is 1.72 bits per heavy atom. The van der Waals surface area contributed by atoms with Gasteiger partial charge in [-0.3, -0.25) is 4.79 Å². The van der Waals surface area contributed by atoms with Crippen molar-refractivity contribution in [3.8, 4) is 0 Å². The maximum atomic E-state index is 11.5. The van der Waals surface area contributed by atoms with Gasteiger partial charge in [0, 0.05) is 0 Å². The van der Waals surface area contributed by atoms with Gasteiger partial charge in [-0.2, -0.15) is 0 Å². The third-order valence-corrected chi connectivity index (χ3v) is 2.47. The zero-order valence-corrected chi connectivity index (χ0v) is 12.5. The average Bonchev–Trinajstić information content (AvgIpc) is 2.31. The van der Waals surface area contributed by atoms with Gasteiger partial charge in [0.05, 0.1) is 13.0 Å².